The van der Waals surface area contributed by atoms with Crippen LogP contribution < -0.4 is 9.47 Å². The maximum absolute atomic E-state index is 13.1. The summed E-state index contributed by atoms with van der Waals surface area (Å²) in [5.74, 6) is -0.678. The highest BCUT2D eigenvalue weighted by Gasteiger charge is 2.49. The number of ether oxygens (including phenoxy) is 2. The third kappa shape index (κ3) is 3.59. The van der Waals surface area contributed by atoms with Crippen LogP contribution >= 0.6 is 0 Å². The van der Waals surface area contributed by atoms with E-state index in [0.717, 1.165) is 47.5 Å². The Balaban J connectivity index is 1.31. The van der Waals surface area contributed by atoms with E-state index < -0.39 is 24.4 Å². The van der Waals surface area contributed by atoms with Crippen LogP contribution in [-0.2, 0) is 14.4 Å². The second kappa shape index (κ2) is 8.44. The molecule has 3 fully saturated rings. The van der Waals surface area contributed by atoms with Crippen molar-refractivity contribution in [3.05, 3.63) is 23.8 Å². The monoisotopic (exact) mass is 441 g/mol. The van der Waals surface area contributed by atoms with Gasteiger partial charge in [-0.25, -0.2) is 9.69 Å². The first-order valence-electron chi connectivity index (χ1n) is 11.4. The molecular formula is C23H27N3O6. The molecular weight excluding hydrogens is 414 g/mol. The SMILES string of the molecule is O=C1C(=O)N(C2CCCC2)C(=O)N1CC(=O)N1CCC[C@H]1c1ccc2c(c1)OCCCO2. The van der Waals surface area contributed by atoms with Crippen molar-refractivity contribution in [2.75, 3.05) is 26.3 Å². The number of rotatable bonds is 4. The van der Waals surface area contributed by atoms with E-state index in [1.807, 2.05) is 18.2 Å². The van der Waals surface area contributed by atoms with Crippen molar-refractivity contribution in [2.24, 2.45) is 0 Å². The van der Waals surface area contributed by atoms with Crippen LogP contribution in [0.15, 0.2) is 18.2 Å². The van der Waals surface area contributed by atoms with E-state index >= 15 is 0 Å². The van der Waals surface area contributed by atoms with Gasteiger partial charge in [-0.15, -0.1) is 0 Å². The summed E-state index contributed by atoms with van der Waals surface area (Å²) in [5.41, 5.74) is 0.933. The van der Waals surface area contributed by atoms with Gasteiger partial charge >= 0.3 is 17.8 Å². The maximum Gasteiger partial charge on any atom is 0.334 e. The maximum atomic E-state index is 13.1. The third-order valence-electron chi connectivity index (χ3n) is 6.80. The molecule has 1 aromatic carbocycles. The quantitative estimate of drug-likeness (QED) is 0.525. The zero-order valence-electron chi connectivity index (χ0n) is 18.0. The number of benzene rings is 1. The van der Waals surface area contributed by atoms with Gasteiger partial charge in [-0.1, -0.05) is 18.9 Å². The molecule has 0 N–H and O–H groups in total. The van der Waals surface area contributed by atoms with Crippen LogP contribution in [0.1, 0.15) is 56.6 Å². The van der Waals surface area contributed by atoms with Gasteiger partial charge in [-0.2, -0.15) is 0 Å². The van der Waals surface area contributed by atoms with Crippen LogP contribution in [0, 0.1) is 0 Å². The molecule has 32 heavy (non-hydrogen) atoms. The Morgan fingerprint density at radius 2 is 1.66 bits per heavy atom. The van der Waals surface area contributed by atoms with Crippen molar-refractivity contribution in [1.82, 2.24) is 14.7 Å². The molecule has 0 spiro atoms. The van der Waals surface area contributed by atoms with Crippen LogP contribution in [-0.4, -0.2) is 70.8 Å². The van der Waals surface area contributed by atoms with E-state index in [9.17, 15) is 19.2 Å². The lowest BCUT2D eigenvalue weighted by molar-refractivity contribution is -0.145. The summed E-state index contributed by atoms with van der Waals surface area (Å²) in [6.07, 6.45) is 5.70. The number of fused-ring (bicyclic) bond motifs is 1. The van der Waals surface area contributed by atoms with Crippen LogP contribution in [0.5, 0.6) is 11.5 Å². The van der Waals surface area contributed by atoms with Gasteiger partial charge < -0.3 is 14.4 Å². The summed E-state index contributed by atoms with van der Waals surface area (Å²) >= 11 is 0. The van der Waals surface area contributed by atoms with Gasteiger partial charge in [0.15, 0.2) is 11.5 Å². The second-order valence-electron chi connectivity index (χ2n) is 8.79. The average molecular weight is 441 g/mol. The van der Waals surface area contributed by atoms with Gasteiger partial charge in [0.25, 0.3) is 0 Å². The molecule has 4 aliphatic rings. The summed E-state index contributed by atoms with van der Waals surface area (Å²) in [7, 11) is 0. The number of carbonyl (C=O) groups excluding carboxylic acids is 4. The Kier molecular flexibility index (Phi) is 5.48. The van der Waals surface area contributed by atoms with Crippen LogP contribution in [0.4, 0.5) is 4.79 Å². The van der Waals surface area contributed by atoms with E-state index in [0.29, 0.717) is 44.1 Å². The largest absolute Gasteiger partial charge is 0.490 e. The zero-order valence-corrected chi connectivity index (χ0v) is 18.0. The van der Waals surface area contributed by atoms with Gasteiger partial charge in [-0.05, 0) is 43.4 Å². The van der Waals surface area contributed by atoms with Gasteiger partial charge in [0.2, 0.25) is 5.91 Å². The highest BCUT2D eigenvalue weighted by atomic mass is 16.5. The molecule has 1 saturated carbocycles. The minimum atomic E-state index is -0.901. The molecule has 5 rings (SSSR count). The van der Waals surface area contributed by atoms with Crippen LogP contribution in [0.25, 0.3) is 0 Å². The molecule has 2 saturated heterocycles. The lowest BCUT2D eigenvalue weighted by Gasteiger charge is -2.27. The Hall–Kier alpha value is -3.10. The topological polar surface area (TPSA) is 96.5 Å². The van der Waals surface area contributed by atoms with Gasteiger partial charge in [0.1, 0.15) is 6.54 Å². The highest BCUT2D eigenvalue weighted by Crippen LogP contribution is 2.38. The van der Waals surface area contributed by atoms with Crippen molar-refractivity contribution in [3.8, 4) is 11.5 Å². The Morgan fingerprint density at radius 3 is 2.44 bits per heavy atom. The fourth-order valence-electron chi connectivity index (χ4n) is 5.17. The number of amides is 5. The predicted molar refractivity (Wildman–Crippen MR) is 112 cm³/mol. The standard InChI is InChI=1S/C23H27N3O6/c27-20(14-25-21(28)22(29)26(23(25)30)16-5-1-2-6-16)24-10-3-7-17(24)15-8-9-18-19(13-15)32-12-4-11-31-18/h8-9,13,16-17H,1-7,10-12,14H2/t17-/m0/s1. The van der Waals surface area contributed by atoms with Crippen molar-refractivity contribution in [2.45, 2.75) is 57.0 Å². The molecule has 0 unspecified atom stereocenters. The smallest absolute Gasteiger partial charge is 0.334 e. The molecule has 0 bridgehead atoms. The number of nitrogens with zero attached hydrogens (tertiary/aromatic N) is 3. The minimum absolute atomic E-state index is 0.172. The molecule has 0 radical (unpaired) electrons. The molecule has 1 atom stereocenters. The van der Waals surface area contributed by atoms with Crippen molar-refractivity contribution in [3.63, 3.8) is 0 Å². The normalized spacial score (nSPS) is 23.9. The van der Waals surface area contributed by atoms with Gasteiger partial charge in [0, 0.05) is 19.0 Å². The first-order valence-corrected chi connectivity index (χ1v) is 11.4. The summed E-state index contributed by atoms with van der Waals surface area (Å²) in [6.45, 7) is 1.31. The van der Waals surface area contributed by atoms with Crippen molar-refractivity contribution < 1.29 is 28.7 Å². The zero-order chi connectivity index (χ0) is 22.2. The highest BCUT2D eigenvalue weighted by molar-refractivity contribution is 6.45. The minimum Gasteiger partial charge on any atom is -0.490 e. The fourth-order valence-corrected chi connectivity index (χ4v) is 5.17. The van der Waals surface area contributed by atoms with E-state index in [4.69, 9.17) is 9.47 Å². The van der Waals surface area contributed by atoms with E-state index in [2.05, 4.69) is 0 Å². The number of hydrogen-bond acceptors (Lipinski definition) is 6. The van der Waals surface area contributed by atoms with E-state index in [-0.39, 0.29) is 18.0 Å². The first-order chi connectivity index (χ1) is 15.5. The Morgan fingerprint density at radius 1 is 0.906 bits per heavy atom. The molecule has 9 heteroatoms. The van der Waals surface area contributed by atoms with Crippen molar-refractivity contribution >= 4 is 23.8 Å². The summed E-state index contributed by atoms with van der Waals surface area (Å²) < 4.78 is 11.5. The predicted octanol–water partition coefficient (Wildman–Crippen LogP) is 2.24. The van der Waals surface area contributed by atoms with E-state index in [1.165, 1.54) is 0 Å². The fraction of sp³-hybridized carbons (Fsp3) is 0.565. The van der Waals surface area contributed by atoms with Gasteiger partial charge in [-0.3, -0.25) is 19.3 Å². The Bertz CT molecular complexity index is 957. The molecule has 5 amide bonds. The first kappa shape index (κ1) is 20.8. The molecule has 3 aliphatic heterocycles. The number of imide groups is 2. The van der Waals surface area contributed by atoms with Gasteiger partial charge in [0.05, 0.1) is 19.3 Å². The number of carbonyl (C=O) groups is 4. The lowest BCUT2D eigenvalue weighted by atomic mass is 10.0. The Labute approximate surface area is 186 Å². The number of hydrogen-bond donors (Lipinski definition) is 0. The second-order valence-corrected chi connectivity index (χ2v) is 8.79. The molecule has 1 aromatic rings. The molecule has 1 aliphatic carbocycles. The van der Waals surface area contributed by atoms with E-state index in [1.54, 1.807) is 4.90 Å². The third-order valence-corrected chi connectivity index (χ3v) is 6.80. The number of urea groups is 1. The molecule has 3 heterocycles. The van der Waals surface area contributed by atoms with Crippen LogP contribution in [0.2, 0.25) is 0 Å². The average Bonchev–Trinajstić information content (AvgIpc) is 3.49. The van der Waals surface area contributed by atoms with Crippen molar-refractivity contribution in [1.29, 1.82) is 0 Å². The summed E-state index contributed by atoms with van der Waals surface area (Å²) in [4.78, 5) is 54.5. The molecule has 170 valence electrons. The summed E-state index contributed by atoms with van der Waals surface area (Å²) in [5, 5.41) is 0. The number of likely N-dealkylation sites (tertiary alicyclic amines) is 1. The summed E-state index contributed by atoms with van der Waals surface area (Å²) in [6, 6.07) is 4.64. The lowest BCUT2D eigenvalue weighted by Crippen LogP contribution is -2.44. The molecule has 9 nitrogen and oxygen atoms in total. The molecule has 0 aromatic heterocycles. The van der Waals surface area contributed by atoms with Crippen LogP contribution in [0.3, 0.4) is 0 Å².